The van der Waals surface area contributed by atoms with Crippen LogP contribution in [-0.2, 0) is 9.53 Å². The normalized spacial score (nSPS) is 11.9. The number of carbonyl (C=O) groups excluding carboxylic acids is 1. The molecule has 0 spiro atoms. The summed E-state index contributed by atoms with van der Waals surface area (Å²) < 4.78 is 13.2. The number of hydrogen-bond donors (Lipinski definition) is 1. The zero-order chi connectivity index (χ0) is 24.1. The number of pyridine rings is 1. The molecular weight excluding hydrogens is 458 g/mol. The molecule has 1 amide bonds. The van der Waals surface area contributed by atoms with Gasteiger partial charge < -0.3 is 14.8 Å². The van der Waals surface area contributed by atoms with E-state index in [-0.39, 0.29) is 24.4 Å². The average Bonchev–Trinajstić information content (AvgIpc) is 3.27. The van der Waals surface area contributed by atoms with Crippen molar-refractivity contribution in [3.63, 3.8) is 0 Å². The van der Waals surface area contributed by atoms with E-state index in [1.165, 1.54) is 18.6 Å². The number of nitrogens with one attached hydrogen (secondary N) is 1. The molecule has 4 aromatic rings. The SMILES string of the molecule is CC(C)OC[C@H](Oc1ncnc2c1cnn2-c1ccccc1Cl)C(=O)Nc1ccc(C#N)cn1. The molecule has 172 valence electrons. The van der Waals surface area contributed by atoms with Gasteiger partial charge in [-0.15, -0.1) is 0 Å². The number of carbonyl (C=O) groups is 1. The van der Waals surface area contributed by atoms with Crippen LogP contribution in [0.15, 0.2) is 55.1 Å². The molecule has 3 aromatic heterocycles. The summed E-state index contributed by atoms with van der Waals surface area (Å²) in [6.07, 6.45) is 3.08. The lowest BCUT2D eigenvalue weighted by Crippen LogP contribution is -2.38. The van der Waals surface area contributed by atoms with Gasteiger partial charge in [-0.2, -0.15) is 10.4 Å². The fourth-order valence-electron chi connectivity index (χ4n) is 3.03. The molecule has 3 heterocycles. The van der Waals surface area contributed by atoms with Gasteiger partial charge in [0.1, 0.15) is 23.6 Å². The Morgan fingerprint density at radius 1 is 1.18 bits per heavy atom. The van der Waals surface area contributed by atoms with Crippen molar-refractivity contribution < 1.29 is 14.3 Å². The Hall–Kier alpha value is -4.07. The number of amides is 1. The van der Waals surface area contributed by atoms with Gasteiger partial charge in [-0.1, -0.05) is 23.7 Å². The van der Waals surface area contributed by atoms with Crippen LogP contribution in [0.1, 0.15) is 19.4 Å². The van der Waals surface area contributed by atoms with Gasteiger partial charge in [-0.3, -0.25) is 4.79 Å². The van der Waals surface area contributed by atoms with Gasteiger partial charge in [0.05, 0.1) is 35.2 Å². The van der Waals surface area contributed by atoms with Crippen LogP contribution in [0.25, 0.3) is 16.7 Å². The lowest BCUT2D eigenvalue weighted by Gasteiger charge is -2.19. The summed E-state index contributed by atoms with van der Waals surface area (Å²) in [4.78, 5) is 25.6. The summed E-state index contributed by atoms with van der Waals surface area (Å²) >= 11 is 6.32. The van der Waals surface area contributed by atoms with Crippen molar-refractivity contribution in [3.05, 3.63) is 65.7 Å². The highest BCUT2D eigenvalue weighted by Crippen LogP contribution is 2.27. The minimum absolute atomic E-state index is 0.0239. The molecule has 0 unspecified atom stereocenters. The average molecular weight is 478 g/mol. The number of hydrogen-bond acceptors (Lipinski definition) is 8. The van der Waals surface area contributed by atoms with Crippen LogP contribution in [0.5, 0.6) is 5.88 Å². The number of aromatic nitrogens is 5. The number of ether oxygens (including phenoxy) is 2. The minimum Gasteiger partial charge on any atom is -0.461 e. The number of nitrogens with zero attached hydrogens (tertiary/aromatic N) is 6. The monoisotopic (exact) mass is 477 g/mol. The number of halogens is 1. The molecule has 0 aliphatic rings. The third-order valence-corrected chi connectivity index (χ3v) is 5.00. The molecule has 0 radical (unpaired) electrons. The molecule has 0 fully saturated rings. The fourth-order valence-corrected chi connectivity index (χ4v) is 3.25. The second-order valence-electron chi connectivity index (χ2n) is 7.45. The van der Waals surface area contributed by atoms with Crippen molar-refractivity contribution in [1.29, 1.82) is 5.26 Å². The van der Waals surface area contributed by atoms with E-state index in [0.717, 1.165) is 0 Å². The molecule has 0 saturated heterocycles. The van der Waals surface area contributed by atoms with Crippen molar-refractivity contribution in [1.82, 2.24) is 24.7 Å². The maximum atomic E-state index is 13.0. The third-order valence-electron chi connectivity index (χ3n) is 4.68. The Morgan fingerprint density at radius 2 is 2.00 bits per heavy atom. The molecule has 1 N–H and O–H groups in total. The zero-order valence-corrected chi connectivity index (χ0v) is 19.1. The predicted octanol–water partition coefficient (Wildman–Crippen LogP) is 3.55. The molecule has 34 heavy (non-hydrogen) atoms. The standard InChI is InChI=1S/C23H20ClN7O3/c1-14(2)33-12-19(22(32)30-20-8-7-15(9-25)10-26-20)34-23-16-11-29-31(21(16)27-13-28-23)18-6-4-3-5-17(18)24/h3-8,10-11,13-14,19H,12H2,1-2H3,(H,26,30,32)/t19-/m0/s1. The zero-order valence-electron chi connectivity index (χ0n) is 18.3. The molecule has 11 heteroatoms. The van der Waals surface area contributed by atoms with Gasteiger partial charge in [0.25, 0.3) is 5.91 Å². The van der Waals surface area contributed by atoms with Crippen molar-refractivity contribution in [3.8, 4) is 17.6 Å². The largest absolute Gasteiger partial charge is 0.461 e. The first-order valence-electron chi connectivity index (χ1n) is 10.3. The Kier molecular flexibility index (Phi) is 6.96. The van der Waals surface area contributed by atoms with Crippen molar-refractivity contribution >= 4 is 34.4 Å². The third kappa shape index (κ3) is 5.11. The van der Waals surface area contributed by atoms with E-state index in [9.17, 15) is 4.79 Å². The second kappa shape index (κ2) is 10.2. The van der Waals surface area contributed by atoms with E-state index in [2.05, 4.69) is 25.4 Å². The number of rotatable bonds is 8. The Labute approximate surface area is 200 Å². The van der Waals surface area contributed by atoms with E-state index in [4.69, 9.17) is 26.3 Å². The van der Waals surface area contributed by atoms with Crippen molar-refractivity contribution in [2.45, 2.75) is 26.1 Å². The maximum Gasteiger partial charge on any atom is 0.269 e. The number of nitriles is 1. The first-order chi connectivity index (χ1) is 16.5. The van der Waals surface area contributed by atoms with E-state index in [0.29, 0.717) is 27.3 Å². The number of fused-ring (bicyclic) bond motifs is 1. The van der Waals surface area contributed by atoms with Gasteiger partial charge in [0.2, 0.25) is 12.0 Å². The maximum absolute atomic E-state index is 13.0. The smallest absolute Gasteiger partial charge is 0.269 e. The Balaban J connectivity index is 1.62. The van der Waals surface area contributed by atoms with Crippen LogP contribution in [0.4, 0.5) is 5.82 Å². The highest BCUT2D eigenvalue weighted by Gasteiger charge is 2.25. The van der Waals surface area contributed by atoms with Crippen LogP contribution in [-0.4, -0.2) is 49.5 Å². The highest BCUT2D eigenvalue weighted by atomic mass is 35.5. The van der Waals surface area contributed by atoms with E-state index in [1.807, 2.05) is 38.1 Å². The second-order valence-corrected chi connectivity index (χ2v) is 7.85. The number of para-hydroxylation sites is 1. The fraction of sp³-hybridized carbons (Fsp3) is 0.217. The van der Waals surface area contributed by atoms with Gasteiger partial charge in [0.15, 0.2) is 5.65 Å². The minimum atomic E-state index is -1.04. The molecule has 0 bridgehead atoms. The van der Waals surface area contributed by atoms with Gasteiger partial charge in [-0.05, 0) is 38.1 Å². The van der Waals surface area contributed by atoms with E-state index < -0.39 is 12.0 Å². The Bertz CT molecular complexity index is 1350. The number of anilines is 1. The summed E-state index contributed by atoms with van der Waals surface area (Å²) in [5.74, 6) is -0.0340. The molecule has 0 aliphatic carbocycles. The summed E-state index contributed by atoms with van der Waals surface area (Å²) in [7, 11) is 0. The molecular formula is C23H20ClN7O3. The summed E-state index contributed by atoms with van der Waals surface area (Å²) in [5.41, 5.74) is 1.50. The molecule has 4 rings (SSSR count). The predicted molar refractivity (Wildman–Crippen MR) is 125 cm³/mol. The van der Waals surface area contributed by atoms with Gasteiger partial charge >= 0.3 is 0 Å². The van der Waals surface area contributed by atoms with Gasteiger partial charge in [-0.25, -0.2) is 19.6 Å². The van der Waals surface area contributed by atoms with E-state index >= 15 is 0 Å². The van der Waals surface area contributed by atoms with Crippen LogP contribution < -0.4 is 10.1 Å². The number of benzene rings is 1. The molecule has 1 aromatic carbocycles. The van der Waals surface area contributed by atoms with E-state index in [1.54, 1.807) is 23.0 Å². The summed E-state index contributed by atoms with van der Waals surface area (Å²) in [5, 5.41) is 17.0. The first-order valence-corrected chi connectivity index (χ1v) is 10.7. The van der Waals surface area contributed by atoms with Crippen molar-refractivity contribution in [2.24, 2.45) is 0 Å². The summed E-state index contributed by atoms with van der Waals surface area (Å²) in [6.45, 7) is 3.69. The lowest BCUT2D eigenvalue weighted by atomic mass is 10.3. The summed E-state index contributed by atoms with van der Waals surface area (Å²) in [6, 6.07) is 12.3. The molecule has 10 nitrogen and oxygen atoms in total. The van der Waals surface area contributed by atoms with Crippen LogP contribution in [0.3, 0.4) is 0 Å². The van der Waals surface area contributed by atoms with Crippen molar-refractivity contribution in [2.75, 3.05) is 11.9 Å². The lowest BCUT2D eigenvalue weighted by molar-refractivity contribution is -0.126. The quantitative estimate of drug-likeness (QED) is 0.408. The van der Waals surface area contributed by atoms with Crippen LogP contribution >= 0.6 is 11.6 Å². The first kappa shape index (κ1) is 23.1. The Morgan fingerprint density at radius 3 is 2.71 bits per heavy atom. The molecule has 0 aliphatic heterocycles. The van der Waals surface area contributed by atoms with Gasteiger partial charge in [0, 0.05) is 6.20 Å². The van der Waals surface area contributed by atoms with Crippen LogP contribution in [0.2, 0.25) is 5.02 Å². The van der Waals surface area contributed by atoms with Crippen LogP contribution in [0, 0.1) is 11.3 Å². The molecule has 1 atom stereocenters. The molecule has 0 saturated carbocycles. The highest BCUT2D eigenvalue weighted by molar-refractivity contribution is 6.32. The topological polar surface area (TPSA) is 128 Å².